The number of ether oxygens (including phenoxy) is 2. The van der Waals surface area contributed by atoms with Gasteiger partial charge in [-0.25, -0.2) is 18.7 Å². The summed E-state index contributed by atoms with van der Waals surface area (Å²) < 4.78 is 27.3. The smallest absolute Gasteiger partial charge is 0.337 e. The topological polar surface area (TPSA) is 115 Å². The van der Waals surface area contributed by atoms with E-state index in [1.54, 1.807) is 45.9 Å². The van der Waals surface area contributed by atoms with Crippen molar-refractivity contribution in [3.8, 4) is 17.0 Å². The molecule has 206 valence electrons. The van der Waals surface area contributed by atoms with Gasteiger partial charge < -0.3 is 19.9 Å². The van der Waals surface area contributed by atoms with Crippen LogP contribution in [0.3, 0.4) is 0 Å². The number of carbonyl (C=O) groups is 2. The molecule has 1 atom stereocenters. The summed E-state index contributed by atoms with van der Waals surface area (Å²) in [6.07, 6.45) is 2.26. The molecule has 0 saturated heterocycles. The highest BCUT2D eigenvalue weighted by atomic mass is 19.1. The van der Waals surface area contributed by atoms with Crippen molar-refractivity contribution >= 4 is 23.6 Å². The van der Waals surface area contributed by atoms with Gasteiger partial charge in [0.15, 0.2) is 17.4 Å². The molecule has 2 bridgehead atoms. The number of hydrogen-bond acceptors (Lipinski definition) is 6. The maximum Gasteiger partial charge on any atom is 0.337 e. The van der Waals surface area contributed by atoms with Crippen LogP contribution in [0.15, 0.2) is 54.6 Å². The van der Waals surface area contributed by atoms with Crippen LogP contribution in [-0.2, 0) is 16.1 Å². The predicted molar refractivity (Wildman–Crippen MR) is 146 cm³/mol. The molecule has 3 heterocycles. The van der Waals surface area contributed by atoms with Gasteiger partial charge in [-0.2, -0.15) is 5.10 Å². The number of carboxylic acids is 1. The van der Waals surface area contributed by atoms with E-state index in [4.69, 9.17) is 9.47 Å². The standard InChI is InChI=1S/C30H29FN4O5/c1-17-25(27(29(37)38)40-30(2,3)4)26-21-10-6-5-8-18(21)9-7-13-39-23-14-20(31)12-11-19(23)16-32-28(36)22-15-24(33-17)35(26)34-22/h5-12,14-15,27H,13,16H2,1-4H3,(H,32,36)(H,37,38). The lowest BCUT2D eigenvalue weighted by Gasteiger charge is -2.27. The van der Waals surface area contributed by atoms with Crippen molar-refractivity contribution in [3.63, 3.8) is 0 Å². The summed E-state index contributed by atoms with van der Waals surface area (Å²) in [7, 11) is 0. The number of aliphatic carboxylic acids is 1. The molecule has 1 amide bonds. The van der Waals surface area contributed by atoms with Crippen LogP contribution < -0.4 is 10.1 Å². The Morgan fingerprint density at radius 2 is 1.98 bits per heavy atom. The molecule has 0 fully saturated rings. The van der Waals surface area contributed by atoms with Crippen molar-refractivity contribution in [1.29, 1.82) is 0 Å². The van der Waals surface area contributed by atoms with E-state index in [1.807, 2.05) is 30.3 Å². The zero-order chi connectivity index (χ0) is 28.6. The van der Waals surface area contributed by atoms with Gasteiger partial charge in [0.25, 0.3) is 5.91 Å². The van der Waals surface area contributed by atoms with Gasteiger partial charge in [0.2, 0.25) is 0 Å². The first-order chi connectivity index (χ1) is 19.0. The third-order valence-electron chi connectivity index (χ3n) is 6.34. The molecule has 40 heavy (non-hydrogen) atoms. The molecule has 1 unspecified atom stereocenters. The summed E-state index contributed by atoms with van der Waals surface area (Å²) >= 11 is 0. The van der Waals surface area contributed by atoms with Crippen LogP contribution in [0.2, 0.25) is 0 Å². The number of aryl methyl sites for hydroxylation is 1. The lowest BCUT2D eigenvalue weighted by molar-refractivity contribution is -0.160. The highest BCUT2D eigenvalue weighted by molar-refractivity contribution is 5.94. The summed E-state index contributed by atoms with van der Waals surface area (Å²) in [5.41, 5.74) is 2.89. The van der Waals surface area contributed by atoms with Crippen LogP contribution >= 0.6 is 0 Å². The van der Waals surface area contributed by atoms with Crippen LogP contribution in [0.4, 0.5) is 4.39 Å². The van der Waals surface area contributed by atoms with Crippen molar-refractivity contribution in [3.05, 3.63) is 88.5 Å². The number of nitrogens with one attached hydrogen (secondary N) is 1. The Morgan fingerprint density at radius 1 is 1.20 bits per heavy atom. The fourth-order valence-electron chi connectivity index (χ4n) is 4.65. The number of halogens is 1. The van der Waals surface area contributed by atoms with E-state index in [2.05, 4.69) is 15.4 Å². The second kappa shape index (κ2) is 10.5. The summed E-state index contributed by atoms with van der Waals surface area (Å²) in [4.78, 5) is 30.4. The summed E-state index contributed by atoms with van der Waals surface area (Å²) in [6, 6.07) is 13.1. The number of benzene rings is 2. The molecule has 0 saturated carbocycles. The molecule has 4 aromatic rings. The number of rotatable bonds is 3. The van der Waals surface area contributed by atoms with Crippen LogP contribution in [0.5, 0.6) is 5.75 Å². The number of aromatic nitrogens is 3. The fourth-order valence-corrected chi connectivity index (χ4v) is 4.65. The Hall–Kier alpha value is -4.57. The van der Waals surface area contributed by atoms with E-state index in [-0.39, 0.29) is 18.8 Å². The minimum Gasteiger partial charge on any atom is -0.489 e. The second-order valence-corrected chi connectivity index (χ2v) is 10.4. The van der Waals surface area contributed by atoms with Gasteiger partial charge in [-0.3, -0.25) is 4.79 Å². The predicted octanol–water partition coefficient (Wildman–Crippen LogP) is 5.12. The molecule has 1 aliphatic heterocycles. The molecule has 0 spiro atoms. The number of amides is 1. The average Bonchev–Trinajstić information content (AvgIpc) is 3.31. The van der Waals surface area contributed by atoms with E-state index in [1.165, 1.54) is 16.6 Å². The van der Waals surface area contributed by atoms with Crippen molar-refractivity contribution in [2.45, 2.75) is 45.9 Å². The average molecular weight is 545 g/mol. The molecule has 0 radical (unpaired) electrons. The highest BCUT2D eigenvalue weighted by Crippen LogP contribution is 2.37. The molecular weight excluding hydrogens is 515 g/mol. The Bertz CT molecular complexity index is 1650. The molecule has 2 aromatic carbocycles. The molecule has 2 N–H and O–H groups in total. The maximum absolute atomic E-state index is 14.0. The van der Waals surface area contributed by atoms with E-state index in [0.717, 1.165) is 5.56 Å². The number of fused-ring (bicyclic) bond motifs is 4. The van der Waals surface area contributed by atoms with Crippen LogP contribution in [-0.4, -0.2) is 43.8 Å². The van der Waals surface area contributed by atoms with E-state index >= 15 is 0 Å². The summed E-state index contributed by atoms with van der Waals surface area (Å²) in [5, 5.41) is 17.6. The second-order valence-electron chi connectivity index (χ2n) is 10.4. The van der Waals surface area contributed by atoms with Crippen LogP contribution in [0, 0.1) is 12.7 Å². The highest BCUT2D eigenvalue weighted by Gasteiger charge is 2.33. The van der Waals surface area contributed by atoms with Gasteiger partial charge in [-0.1, -0.05) is 36.4 Å². The molecule has 0 aliphatic carbocycles. The van der Waals surface area contributed by atoms with Crippen molar-refractivity contribution in [1.82, 2.24) is 19.9 Å². The van der Waals surface area contributed by atoms with Crippen LogP contribution in [0.1, 0.15) is 59.7 Å². The molecule has 1 aliphatic rings. The zero-order valence-corrected chi connectivity index (χ0v) is 22.6. The van der Waals surface area contributed by atoms with Crippen molar-refractivity contribution in [2.75, 3.05) is 6.61 Å². The third kappa shape index (κ3) is 5.43. The lowest BCUT2D eigenvalue weighted by Crippen LogP contribution is -2.29. The normalized spacial score (nSPS) is 14.5. The quantitative estimate of drug-likeness (QED) is 0.368. The van der Waals surface area contributed by atoms with E-state index < -0.39 is 29.4 Å². The monoisotopic (exact) mass is 544 g/mol. The van der Waals surface area contributed by atoms with E-state index in [0.29, 0.717) is 39.5 Å². The SMILES string of the molecule is Cc1nc2cc3nn2c(c1C(OC(C)(C)C)C(=O)O)-c1ccccc1C=CCOc1cc(F)ccc1CNC3=O. The van der Waals surface area contributed by atoms with Gasteiger partial charge >= 0.3 is 5.97 Å². The fraction of sp³-hybridized carbons (Fsp3) is 0.267. The Kier molecular flexibility index (Phi) is 7.12. The first-order valence-electron chi connectivity index (χ1n) is 12.8. The zero-order valence-electron chi connectivity index (χ0n) is 22.6. The molecular formula is C30H29FN4O5. The molecule has 5 rings (SSSR count). The lowest BCUT2D eigenvalue weighted by atomic mass is 9.95. The van der Waals surface area contributed by atoms with Gasteiger partial charge in [-0.15, -0.1) is 0 Å². The van der Waals surface area contributed by atoms with Crippen LogP contribution in [0.25, 0.3) is 23.0 Å². The Labute approximate surface area is 230 Å². The van der Waals surface area contributed by atoms with Gasteiger partial charge in [-0.05, 0) is 45.4 Å². The van der Waals surface area contributed by atoms with Crippen molar-refractivity contribution < 1.29 is 28.6 Å². The molecule has 2 aromatic heterocycles. The molecule has 10 heteroatoms. The minimum atomic E-state index is -1.36. The van der Waals surface area contributed by atoms with Gasteiger partial charge in [0.05, 0.1) is 11.3 Å². The largest absolute Gasteiger partial charge is 0.489 e. The van der Waals surface area contributed by atoms with E-state index in [9.17, 15) is 19.1 Å². The molecule has 9 nitrogen and oxygen atoms in total. The van der Waals surface area contributed by atoms with Gasteiger partial charge in [0, 0.05) is 41.1 Å². The maximum atomic E-state index is 14.0. The first kappa shape index (κ1) is 27.0. The minimum absolute atomic E-state index is 0.0807. The Balaban J connectivity index is 1.77. The van der Waals surface area contributed by atoms with Crippen molar-refractivity contribution in [2.24, 2.45) is 0 Å². The number of hydrogen-bond donors (Lipinski definition) is 2. The Morgan fingerprint density at radius 3 is 2.73 bits per heavy atom. The third-order valence-corrected chi connectivity index (χ3v) is 6.34. The number of carbonyl (C=O) groups excluding carboxylic acids is 1. The number of carboxylic acid groups (broad SMARTS) is 1. The number of nitrogens with zero attached hydrogens (tertiary/aromatic N) is 3. The van der Waals surface area contributed by atoms with Gasteiger partial charge in [0.1, 0.15) is 18.2 Å². The summed E-state index contributed by atoms with van der Waals surface area (Å²) in [6.45, 7) is 7.27. The summed E-state index contributed by atoms with van der Waals surface area (Å²) in [5.74, 6) is -1.80. The first-order valence-corrected chi connectivity index (χ1v) is 12.8.